The second-order valence-corrected chi connectivity index (χ2v) is 2.88. The summed E-state index contributed by atoms with van der Waals surface area (Å²) in [5, 5.41) is 6.81. The molecule has 0 saturated carbocycles. The molecule has 0 radical (unpaired) electrons. The number of hydrogen-bond donors (Lipinski definition) is 2. The van der Waals surface area contributed by atoms with Gasteiger partial charge >= 0.3 is 0 Å². The largest absolute Gasteiger partial charge is 0.315 e. The van der Waals surface area contributed by atoms with Crippen LogP contribution in [0.1, 0.15) is 12.8 Å². The third-order valence-corrected chi connectivity index (χ3v) is 2.35. The van der Waals surface area contributed by atoms with E-state index in [0.29, 0.717) is 5.54 Å². The summed E-state index contributed by atoms with van der Waals surface area (Å²) in [7, 11) is 0. The molecule has 2 aliphatic heterocycles. The van der Waals surface area contributed by atoms with Gasteiger partial charge in [0, 0.05) is 12.1 Å². The summed E-state index contributed by atoms with van der Waals surface area (Å²) in [5.41, 5.74) is 0.556. The van der Waals surface area contributed by atoms with E-state index in [0.717, 1.165) is 0 Å². The molecule has 2 heteroatoms. The van der Waals surface area contributed by atoms with Gasteiger partial charge in [-0.3, -0.25) is 0 Å². The van der Waals surface area contributed by atoms with Crippen LogP contribution in [0.15, 0.2) is 0 Å². The van der Waals surface area contributed by atoms with E-state index in [1.54, 1.807) is 0 Å². The normalized spacial score (nSPS) is 45.0. The highest BCUT2D eigenvalue weighted by molar-refractivity contribution is 5.02. The molecule has 2 rings (SSSR count). The molecule has 2 nitrogen and oxygen atoms in total. The van der Waals surface area contributed by atoms with Crippen LogP contribution in [0.3, 0.4) is 0 Å². The van der Waals surface area contributed by atoms with Gasteiger partial charge in [-0.2, -0.15) is 0 Å². The number of nitrogens with one attached hydrogen (secondary N) is 2. The van der Waals surface area contributed by atoms with Crippen LogP contribution in [0.4, 0.5) is 0 Å². The molecule has 46 valence electrons. The van der Waals surface area contributed by atoms with E-state index in [-0.39, 0.29) is 0 Å². The van der Waals surface area contributed by atoms with Gasteiger partial charge in [0.05, 0.1) is 0 Å². The maximum Gasteiger partial charge on any atom is 0.0330 e. The lowest BCUT2D eigenvalue weighted by molar-refractivity contribution is 0.233. The summed E-state index contributed by atoms with van der Waals surface area (Å²) in [4.78, 5) is 0. The smallest absolute Gasteiger partial charge is 0.0330 e. The predicted octanol–water partition coefficient (Wildman–Crippen LogP) is -0.288. The van der Waals surface area contributed by atoms with Crippen LogP contribution < -0.4 is 10.6 Å². The van der Waals surface area contributed by atoms with E-state index in [9.17, 15) is 0 Å². The van der Waals surface area contributed by atoms with Gasteiger partial charge in [0.1, 0.15) is 0 Å². The Morgan fingerprint density at radius 1 is 1.12 bits per heavy atom. The first-order valence-electron chi connectivity index (χ1n) is 3.37. The number of rotatable bonds is 0. The Bertz CT molecular complexity index is 88.7. The van der Waals surface area contributed by atoms with Crippen molar-refractivity contribution in [3.63, 3.8) is 0 Å². The molecule has 2 N–H and O–H groups in total. The average Bonchev–Trinajstić information content (AvgIpc) is 2.07. The molecule has 2 saturated heterocycles. The molecule has 1 atom stereocenters. The van der Waals surface area contributed by atoms with E-state index in [2.05, 4.69) is 10.6 Å². The Balaban J connectivity index is 2.01. The third-order valence-electron chi connectivity index (χ3n) is 2.35. The van der Waals surface area contributed by atoms with Crippen LogP contribution in [0.5, 0.6) is 0 Å². The summed E-state index contributed by atoms with van der Waals surface area (Å²) in [6.07, 6.45) is 2.73. The minimum Gasteiger partial charge on any atom is -0.315 e. The van der Waals surface area contributed by atoms with Gasteiger partial charge in [0.2, 0.25) is 0 Å². The molecular weight excluding hydrogens is 100 g/mol. The molecule has 0 aromatic carbocycles. The van der Waals surface area contributed by atoms with Crippen molar-refractivity contribution in [2.24, 2.45) is 0 Å². The molecule has 1 spiro atoms. The minimum atomic E-state index is 0.556. The van der Waals surface area contributed by atoms with Crippen LogP contribution in [0, 0.1) is 0 Å². The fourth-order valence-electron chi connectivity index (χ4n) is 1.59. The van der Waals surface area contributed by atoms with Gasteiger partial charge in [-0.1, -0.05) is 0 Å². The van der Waals surface area contributed by atoms with E-state index in [4.69, 9.17) is 0 Å². The summed E-state index contributed by atoms with van der Waals surface area (Å²) >= 11 is 0. The highest BCUT2D eigenvalue weighted by Crippen LogP contribution is 2.24. The minimum absolute atomic E-state index is 0.556. The summed E-state index contributed by atoms with van der Waals surface area (Å²) in [5.74, 6) is 0. The van der Waals surface area contributed by atoms with Crippen LogP contribution in [0.2, 0.25) is 0 Å². The van der Waals surface area contributed by atoms with E-state index >= 15 is 0 Å². The van der Waals surface area contributed by atoms with Crippen molar-refractivity contribution in [1.29, 1.82) is 0 Å². The molecule has 0 bridgehead atoms. The van der Waals surface area contributed by atoms with Crippen molar-refractivity contribution in [3.8, 4) is 0 Å². The van der Waals surface area contributed by atoms with Crippen molar-refractivity contribution >= 4 is 0 Å². The standard InChI is InChI=1S/C6H12N2/c1-3-7-5-6(1)2-4-8-6/h7-8H,1-5H2/t6-/m1/s1. The van der Waals surface area contributed by atoms with Gasteiger partial charge < -0.3 is 10.6 Å². The van der Waals surface area contributed by atoms with E-state index < -0.39 is 0 Å². The molecule has 0 unspecified atom stereocenters. The Hall–Kier alpha value is -0.0800. The fourth-order valence-corrected chi connectivity index (χ4v) is 1.59. The van der Waals surface area contributed by atoms with E-state index in [1.807, 2.05) is 0 Å². The van der Waals surface area contributed by atoms with Gasteiger partial charge in [-0.05, 0) is 25.9 Å². The molecule has 0 aromatic heterocycles. The maximum atomic E-state index is 3.46. The average molecular weight is 112 g/mol. The zero-order valence-electron chi connectivity index (χ0n) is 5.04. The zero-order valence-corrected chi connectivity index (χ0v) is 5.04. The molecule has 0 aliphatic carbocycles. The fraction of sp³-hybridized carbons (Fsp3) is 1.00. The summed E-state index contributed by atoms with van der Waals surface area (Å²) in [6.45, 7) is 3.65. The first kappa shape index (κ1) is 4.77. The van der Waals surface area contributed by atoms with Crippen molar-refractivity contribution in [1.82, 2.24) is 10.6 Å². The van der Waals surface area contributed by atoms with E-state index in [1.165, 1.54) is 32.5 Å². The Kier molecular flexibility index (Phi) is 0.866. The molecule has 2 fully saturated rings. The summed E-state index contributed by atoms with van der Waals surface area (Å²) < 4.78 is 0. The molecule has 2 heterocycles. The third kappa shape index (κ3) is 0.501. The van der Waals surface area contributed by atoms with Gasteiger partial charge in [-0.25, -0.2) is 0 Å². The molecule has 8 heavy (non-hydrogen) atoms. The van der Waals surface area contributed by atoms with Crippen LogP contribution in [-0.4, -0.2) is 25.2 Å². The second kappa shape index (κ2) is 1.45. The quantitative estimate of drug-likeness (QED) is 0.450. The number of hydrogen-bond acceptors (Lipinski definition) is 2. The molecule has 2 aliphatic rings. The second-order valence-electron chi connectivity index (χ2n) is 2.88. The van der Waals surface area contributed by atoms with Gasteiger partial charge in [-0.15, -0.1) is 0 Å². The molecule has 0 amide bonds. The molecule has 0 aromatic rings. The summed E-state index contributed by atoms with van der Waals surface area (Å²) in [6, 6.07) is 0. The van der Waals surface area contributed by atoms with Crippen molar-refractivity contribution in [2.75, 3.05) is 19.6 Å². The first-order chi connectivity index (χ1) is 3.91. The lowest BCUT2D eigenvalue weighted by atomic mass is 9.87. The van der Waals surface area contributed by atoms with Gasteiger partial charge in [0.25, 0.3) is 0 Å². The van der Waals surface area contributed by atoms with Crippen LogP contribution in [-0.2, 0) is 0 Å². The lowest BCUT2D eigenvalue weighted by Crippen LogP contribution is -2.58. The monoisotopic (exact) mass is 112 g/mol. The topological polar surface area (TPSA) is 24.1 Å². The van der Waals surface area contributed by atoms with Crippen molar-refractivity contribution in [2.45, 2.75) is 18.4 Å². The lowest BCUT2D eigenvalue weighted by Gasteiger charge is -2.39. The Morgan fingerprint density at radius 2 is 2.00 bits per heavy atom. The highest BCUT2D eigenvalue weighted by Gasteiger charge is 2.38. The highest BCUT2D eigenvalue weighted by atomic mass is 15.1. The SMILES string of the molecule is C1C[C@@]2(CCN2)CN1. The molecular formula is C6H12N2. The van der Waals surface area contributed by atoms with Crippen molar-refractivity contribution < 1.29 is 0 Å². The van der Waals surface area contributed by atoms with Gasteiger partial charge in [0.15, 0.2) is 0 Å². The zero-order chi connectivity index (χ0) is 5.45. The Morgan fingerprint density at radius 3 is 2.25 bits per heavy atom. The maximum absolute atomic E-state index is 3.46. The predicted molar refractivity (Wildman–Crippen MR) is 32.8 cm³/mol. The van der Waals surface area contributed by atoms with Crippen LogP contribution >= 0.6 is 0 Å². The first-order valence-corrected chi connectivity index (χ1v) is 3.37. The Labute approximate surface area is 49.7 Å². The van der Waals surface area contributed by atoms with Crippen molar-refractivity contribution in [3.05, 3.63) is 0 Å². The van der Waals surface area contributed by atoms with Crippen LogP contribution in [0.25, 0.3) is 0 Å².